The van der Waals surface area contributed by atoms with Gasteiger partial charge in [0.1, 0.15) is 6.54 Å². The van der Waals surface area contributed by atoms with Crippen LogP contribution in [0.25, 0.3) is 0 Å². The third-order valence-electron chi connectivity index (χ3n) is 5.00. The molecule has 0 aromatic carbocycles. The van der Waals surface area contributed by atoms with E-state index in [1.165, 1.54) is 23.7 Å². The fourth-order valence-electron chi connectivity index (χ4n) is 3.52. The average Bonchev–Trinajstić information content (AvgIpc) is 3.27. The van der Waals surface area contributed by atoms with Crippen molar-refractivity contribution in [3.8, 4) is 0 Å². The number of carbonyl (C=O) groups is 2. The molecule has 1 saturated heterocycles. The maximum absolute atomic E-state index is 12.3. The van der Waals surface area contributed by atoms with Gasteiger partial charge in [0, 0.05) is 25.5 Å². The minimum absolute atomic E-state index is 0. The molecule has 2 amide bonds. The summed E-state index contributed by atoms with van der Waals surface area (Å²) in [4.78, 5) is 24.3. The number of carbonyl (C=O) groups excluding carboxylic acids is 2. The first-order valence-corrected chi connectivity index (χ1v) is 9.08. The smallest absolute Gasteiger partial charge is 0.241 e. The predicted molar refractivity (Wildman–Crippen MR) is 100 cm³/mol. The van der Waals surface area contributed by atoms with Gasteiger partial charge in [-0.3, -0.25) is 14.3 Å². The maximum atomic E-state index is 12.3. The molecule has 1 unspecified atom stereocenters. The fourth-order valence-corrected chi connectivity index (χ4v) is 3.52. The Bertz CT molecular complexity index is 597. The number of hydrogen-bond acceptors (Lipinski definition) is 5. The number of aromatic nitrogens is 2. The minimum atomic E-state index is -0.557. The normalized spacial score (nSPS) is 19.6. The van der Waals surface area contributed by atoms with Gasteiger partial charge < -0.3 is 21.1 Å². The van der Waals surface area contributed by atoms with Crippen LogP contribution in [0.1, 0.15) is 38.5 Å². The summed E-state index contributed by atoms with van der Waals surface area (Å²) in [5, 5.41) is 9.94. The van der Waals surface area contributed by atoms with E-state index in [2.05, 4.69) is 15.7 Å². The van der Waals surface area contributed by atoms with E-state index in [1.54, 1.807) is 6.20 Å². The van der Waals surface area contributed by atoms with Crippen LogP contribution in [0, 0.1) is 5.92 Å². The first-order chi connectivity index (χ1) is 12.1. The van der Waals surface area contributed by atoms with Gasteiger partial charge in [0.2, 0.25) is 11.8 Å². The van der Waals surface area contributed by atoms with E-state index in [0.29, 0.717) is 24.9 Å². The molecule has 1 aliphatic heterocycles. The van der Waals surface area contributed by atoms with Crippen molar-refractivity contribution in [3.05, 3.63) is 12.4 Å². The Hall–Kier alpha value is -1.64. The van der Waals surface area contributed by atoms with Gasteiger partial charge in [0.05, 0.1) is 17.9 Å². The molecule has 0 bridgehead atoms. The molecule has 2 aliphatic rings. The van der Waals surface area contributed by atoms with Crippen LogP contribution < -0.4 is 16.4 Å². The van der Waals surface area contributed by atoms with Crippen LogP contribution in [0.5, 0.6) is 0 Å². The molecule has 4 N–H and O–H groups in total. The van der Waals surface area contributed by atoms with E-state index >= 15 is 0 Å². The molecular formula is C17H28ClN5O3. The molecule has 26 heavy (non-hydrogen) atoms. The summed E-state index contributed by atoms with van der Waals surface area (Å²) in [6.07, 6.45) is 9.25. The third kappa shape index (κ3) is 5.69. The lowest BCUT2D eigenvalue weighted by Crippen LogP contribution is -2.43. The van der Waals surface area contributed by atoms with Gasteiger partial charge in [-0.2, -0.15) is 5.10 Å². The zero-order chi connectivity index (χ0) is 17.6. The van der Waals surface area contributed by atoms with Crippen molar-refractivity contribution in [3.63, 3.8) is 0 Å². The Labute approximate surface area is 159 Å². The van der Waals surface area contributed by atoms with E-state index in [-0.39, 0.29) is 36.7 Å². The summed E-state index contributed by atoms with van der Waals surface area (Å²) >= 11 is 0. The SMILES string of the molecule is Cl.NC(C(=O)Nc1cnn(CC(=O)NC2CCCC2)c1)C1CCOCC1. The first-order valence-electron chi connectivity index (χ1n) is 9.08. The summed E-state index contributed by atoms with van der Waals surface area (Å²) < 4.78 is 6.82. The first kappa shape index (κ1) is 20.7. The van der Waals surface area contributed by atoms with Gasteiger partial charge in [-0.15, -0.1) is 12.4 Å². The highest BCUT2D eigenvalue weighted by molar-refractivity contribution is 5.94. The Morgan fingerprint density at radius 3 is 2.65 bits per heavy atom. The lowest BCUT2D eigenvalue weighted by atomic mass is 9.92. The molecule has 1 aliphatic carbocycles. The van der Waals surface area contributed by atoms with E-state index < -0.39 is 6.04 Å². The standard InChI is InChI=1S/C17H27N5O3.ClH/c18-16(12-5-7-25-8-6-12)17(24)21-14-9-19-22(10-14)11-15(23)20-13-3-1-2-4-13;/h9-10,12-13,16H,1-8,11,18H2,(H,20,23)(H,21,24);1H. The zero-order valence-electron chi connectivity index (χ0n) is 14.9. The van der Waals surface area contributed by atoms with Gasteiger partial charge in [-0.25, -0.2) is 0 Å². The van der Waals surface area contributed by atoms with Crippen LogP contribution in [0.2, 0.25) is 0 Å². The second-order valence-corrected chi connectivity index (χ2v) is 6.94. The van der Waals surface area contributed by atoms with Gasteiger partial charge in [0.25, 0.3) is 0 Å². The second-order valence-electron chi connectivity index (χ2n) is 6.94. The number of amides is 2. The van der Waals surface area contributed by atoms with Crippen molar-refractivity contribution in [2.45, 2.75) is 57.2 Å². The van der Waals surface area contributed by atoms with E-state index in [0.717, 1.165) is 25.7 Å². The fraction of sp³-hybridized carbons (Fsp3) is 0.706. The number of anilines is 1. The molecule has 0 spiro atoms. The number of halogens is 1. The molecule has 1 aromatic rings. The van der Waals surface area contributed by atoms with Gasteiger partial charge in [-0.05, 0) is 31.6 Å². The summed E-state index contributed by atoms with van der Waals surface area (Å²) in [5.74, 6) is -0.130. The number of nitrogens with two attached hydrogens (primary N) is 1. The van der Waals surface area contributed by atoms with Crippen LogP contribution in [0.4, 0.5) is 5.69 Å². The number of rotatable bonds is 6. The Kier molecular flexibility index (Phi) is 7.86. The predicted octanol–water partition coefficient (Wildman–Crippen LogP) is 1.06. The van der Waals surface area contributed by atoms with Crippen molar-refractivity contribution in [1.82, 2.24) is 15.1 Å². The molecule has 9 heteroatoms. The molecular weight excluding hydrogens is 358 g/mol. The zero-order valence-corrected chi connectivity index (χ0v) is 15.7. The van der Waals surface area contributed by atoms with Gasteiger partial charge >= 0.3 is 0 Å². The molecule has 146 valence electrons. The van der Waals surface area contributed by atoms with Crippen molar-refractivity contribution in [2.24, 2.45) is 11.7 Å². The summed E-state index contributed by atoms with van der Waals surface area (Å²) in [6, 6.07) is -0.266. The molecule has 1 aromatic heterocycles. The van der Waals surface area contributed by atoms with Crippen LogP contribution in [0.3, 0.4) is 0 Å². The largest absolute Gasteiger partial charge is 0.381 e. The monoisotopic (exact) mass is 385 g/mol. The van der Waals surface area contributed by atoms with Crippen LogP contribution >= 0.6 is 12.4 Å². The Morgan fingerprint density at radius 1 is 1.27 bits per heavy atom. The van der Waals surface area contributed by atoms with E-state index in [9.17, 15) is 9.59 Å². The summed E-state index contributed by atoms with van der Waals surface area (Å²) in [5.41, 5.74) is 6.62. The molecule has 1 saturated carbocycles. The van der Waals surface area contributed by atoms with E-state index in [4.69, 9.17) is 10.5 Å². The van der Waals surface area contributed by atoms with Crippen molar-refractivity contribution >= 4 is 29.9 Å². The molecule has 3 rings (SSSR count). The van der Waals surface area contributed by atoms with Crippen molar-refractivity contribution in [2.75, 3.05) is 18.5 Å². The second kappa shape index (κ2) is 9.89. The van der Waals surface area contributed by atoms with Crippen LogP contribution in [0.15, 0.2) is 12.4 Å². The summed E-state index contributed by atoms with van der Waals surface area (Å²) in [7, 11) is 0. The van der Waals surface area contributed by atoms with Crippen LogP contribution in [-0.4, -0.2) is 46.9 Å². The number of hydrogen-bond donors (Lipinski definition) is 3. The van der Waals surface area contributed by atoms with Crippen molar-refractivity contribution in [1.29, 1.82) is 0 Å². The Balaban J connectivity index is 0.00000243. The maximum Gasteiger partial charge on any atom is 0.241 e. The van der Waals surface area contributed by atoms with Gasteiger partial charge in [-0.1, -0.05) is 12.8 Å². The minimum Gasteiger partial charge on any atom is -0.381 e. The molecule has 1 atom stereocenters. The Morgan fingerprint density at radius 2 is 1.96 bits per heavy atom. The lowest BCUT2D eigenvalue weighted by molar-refractivity contribution is -0.122. The molecule has 8 nitrogen and oxygen atoms in total. The highest BCUT2D eigenvalue weighted by Gasteiger charge is 2.26. The summed E-state index contributed by atoms with van der Waals surface area (Å²) in [6.45, 7) is 1.46. The highest BCUT2D eigenvalue weighted by Crippen LogP contribution is 2.19. The number of ether oxygens (including phenoxy) is 1. The molecule has 2 heterocycles. The topological polar surface area (TPSA) is 111 Å². The molecule has 0 radical (unpaired) electrons. The lowest BCUT2D eigenvalue weighted by Gasteiger charge is -2.26. The quantitative estimate of drug-likeness (QED) is 0.677. The van der Waals surface area contributed by atoms with Gasteiger partial charge in [0.15, 0.2) is 0 Å². The van der Waals surface area contributed by atoms with Crippen LogP contribution in [-0.2, 0) is 20.9 Å². The average molecular weight is 386 g/mol. The number of nitrogens with one attached hydrogen (secondary N) is 2. The molecule has 2 fully saturated rings. The highest BCUT2D eigenvalue weighted by atomic mass is 35.5. The third-order valence-corrected chi connectivity index (χ3v) is 5.00. The van der Waals surface area contributed by atoms with Crippen molar-refractivity contribution < 1.29 is 14.3 Å². The number of nitrogens with zero attached hydrogens (tertiary/aromatic N) is 2. The van der Waals surface area contributed by atoms with E-state index in [1.807, 2.05) is 0 Å².